The van der Waals surface area contributed by atoms with E-state index in [2.05, 4.69) is 0 Å². The van der Waals surface area contributed by atoms with Crippen molar-refractivity contribution in [1.29, 1.82) is 0 Å². The molecule has 3 fully saturated rings. The van der Waals surface area contributed by atoms with Gasteiger partial charge < -0.3 is 99.5 Å². The van der Waals surface area contributed by atoms with Crippen LogP contribution in [-0.2, 0) is 23.7 Å². The molecule has 20 nitrogen and oxygen atoms in total. The van der Waals surface area contributed by atoms with E-state index >= 15 is 0 Å². The van der Waals surface area contributed by atoms with E-state index in [1.807, 2.05) is 0 Å². The lowest BCUT2D eigenvalue weighted by atomic mass is 9.97. The second kappa shape index (κ2) is 16.1. The van der Waals surface area contributed by atoms with Gasteiger partial charge in [0, 0.05) is 12.1 Å². The summed E-state index contributed by atoms with van der Waals surface area (Å²) >= 11 is 0. The fourth-order valence-electron chi connectivity index (χ4n) is 6.42. The summed E-state index contributed by atoms with van der Waals surface area (Å²) in [5, 5.41) is 134. The summed E-state index contributed by atoms with van der Waals surface area (Å²) in [5.41, 5.74) is 0.493. The molecule has 0 amide bonds. The quantitative estimate of drug-likeness (QED) is 0.101. The average molecular weight is 760 g/mol. The van der Waals surface area contributed by atoms with Crippen molar-refractivity contribution in [2.24, 2.45) is 0 Å². The summed E-state index contributed by atoms with van der Waals surface area (Å²) in [7, 11) is 0. The lowest BCUT2D eigenvalue weighted by Gasteiger charge is -2.46. The Hall–Kier alpha value is -3.42. The van der Waals surface area contributed by atoms with Crippen molar-refractivity contribution in [2.75, 3.05) is 19.8 Å². The zero-order valence-corrected chi connectivity index (χ0v) is 27.6. The first-order valence-electron chi connectivity index (χ1n) is 16.6. The Morgan fingerprint density at radius 1 is 0.566 bits per heavy atom. The van der Waals surface area contributed by atoms with Crippen molar-refractivity contribution in [2.45, 2.75) is 98.2 Å². The molecule has 2 aromatic rings. The van der Waals surface area contributed by atoms with E-state index in [0.717, 1.165) is 6.07 Å². The summed E-state index contributed by atoms with van der Waals surface area (Å²) in [6.07, 6.45) is -25.4. The van der Waals surface area contributed by atoms with Crippen LogP contribution in [0.4, 0.5) is 0 Å². The van der Waals surface area contributed by atoms with Gasteiger partial charge in [-0.1, -0.05) is 0 Å². The van der Waals surface area contributed by atoms with Crippen LogP contribution in [0.1, 0.15) is 17.2 Å². The lowest BCUT2D eigenvalue weighted by molar-refractivity contribution is -0.364. The minimum Gasteiger partial charge on any atom is -0.571 e. The van der Waals surface area contributed by atoms with Gasteiger partial charge in [0.05, 0.1) is 31.5 Å². The molecule has 0 radical (unpaired) electrons. The lowest BCUT2D eigenvalue weighted by Crippen LogP contribution is -2.64. The van der Waals surface area contributed by atoms with Crippen LogP contribution < -0.4 is 4.74 Å². The molecule has 4 aliphatic rings. The molecule has 0 aromatic heterocycles. The predicted molar refractivity (Wildman–Crippen MR) is 170 cm³/mol. The maximum absolute atomic E-state index is 11.2. The maximum atomic E-state index is 11.2. The number of phenols is 2. The smallest absolute Gasteiger partial charge is 0.270 e. The van der Waals surface area contributed by atoms with E-state index in [0.29, 0.717) is 5.56 Å². The van der Waals surface area contributed by atoms with Crippen molar-refractivity contribution in [3.63, 3.8) is 0 Å². The van der Waals surface area contributed by atoms with Crippen molar-refractivity contribution < 1.29 is 99.5 Å². The van der Waals surface area contributed by atoms with Crippen LogP contribution in [0.5, 0.6) is 23.0 Å². The molecule has 4 aliphatic heterocycles. The van der Waals surface area contributed by atoms with Gasteiger partial charge in [0.25, 0.3) is 11.9 Å². The number of rotatable bonds is 10. The van der Waals surface area contributed by atoms with E-state index in [-0.39, 0.29) is 34.3 Å². The molecule has 0 spiro atoms. The van der Waals surface area contributed by atoms with Crippen LogP contribution in [0.15, 0.2) is 42.2 Å². The number of phenolic OH excluding ortho intramolecular Hbond substituents is 2. The second-order valence-corrected chi connectivity index (χ2v) is 13.0. The Labute approximate surface area is 300 Å². The second-order valence-electron chi connectivity index (χ2n) is 13.0. The molecule has 4 heterocycles. The molecule has 0 saturated carbocycles. The number of benzene rings is 2. The Balaban J connectivity index is 1.38. The molecule has 0 bridgehead atoms. The molecule has 294 valence electrons. The number of hydrogen-bond acceptors (Lipinski definition) is 19. The van der Waals surface area contributed by atoms with Crippen molar-refractivity contribution in [3.05, 3.63) is 53.3 Å². The summed E-state index contributed by atoms with van der Waals surface area (Å²) in [6.45, 7) is -2.35. The number of aromatic hydroxyl groups is 3. The Morgan fingerprint density at radius 3 is 1.68 bits per heavy atom. The van der Waals surface area contributed by atoms with Crippen molar-refractivity contribution in [1.82, 2.24) is 0 Å². The highest BCUT2D eigenvalue weighted by atomic mass is 16.8. The zero-order valence-electron chi connectivity index (χ0n) is 27.6. The SMILES string of the molecule is OCC1OC(Oc2cc(O)cc3c2C=C(OC2OC(CO)C(O)C(O)C2OC2OC(CO)C(O)C(O)C2O)C(c2ccc(O)cc2)[OH+]3)C(O)C(O)C1O. The van der Waals surface area contributed by atoms with Crippen molar-refractivity contribution in [3.8, 4) is 23.0 Å². The molecule has 16 unspecified atom stereocenters. The standard InChI is InChI=1S/C33H42O20/c34-8-18-21(39)24(42)27(45)31(50-18)48-16-6-13(38)5-15-14(16)7-17(29(47-15)11-1-3-12(37)4-2-11)49-33-30(26(44)23(41)20(10-36)52-33)53-32-28(46)25(43)22(40)19(9-35)51-32/h1-7,18-46H,8-10H2/p+1. The van der Waals surface area contributed by atoms with Gasteiger partial charge in [0.2, 0.25) is 12.6 Å². The summed E-state index contributed by atoms with van der Waals surface area (Å²) in [4.78, 5) is 0. The van der Waals surface area contributed by atoms with Crippen LogP contribution in [0.2, 0.25) is 0 Å². The zero-order chi connectivity index (χ0) is 38.3. The van der Waals surface area contributed by atoms with E-state index in [9.17, 15) is 66.4 Å². The number of ether oxygens (including phenoxy) is 7. The van der Waals surface area contributed by atoms with Gasteiger partial charge in [0.1, 0.15) is 90.0 Å². The number of hydrogen-bond donors (Lipinski definition) is 13. The Morgan fingerprint density at radius 2 is 1.09 bits per heavy atom. The number of aliphatic hydroxyl groups excluding tert-OH is 11. The highest BCUT2D eigenvalue weighted by Gasteiger charge is 2.52. The first-order chi connectivity index (χ1) is 25.3. The molecule has 53 heavy (non-hydrogen) atoms. The molecule has 6 rings (SSSR count). The number of fused-ring (bicyclic) bond motifs is 1. The minimum atomic E-state index is -1.93. The van der Waals surface area contributed by atoms with Crippen LogP contribution in [0.3, 0.4) is 0 Å². The van der Waals surface area contributed by atoms with Crippen LogP contribution in [0.25, 0.3) is 6.08 Å². The van der Waals surface area contributed by atoms with Gasteiger partial charge in [-0.25, -0.2) is 0 Å². The number of aliphatic hydroxyl groups is 12. The largest absolute Gasteiger partial charge is 0.571 e. The van der Waals surface area contributed by atoms with E-state index in [4.69, 9.17) is 33.2 Å². The first-order valence-corrected chi connectivity index (χ1v) is 16.6. The van der Waals surface area contributed by atoms with Gasteiger partial charge in [0.15, 0.2) is 18.2 Å². The predicted octanol–water partition coefficient (Wildman–Crippen LogP) is -4.75. The fraction of sp³-hybridized carbons (Fsp3) is 0.576. The van der Waals surface area contributed by atoms with Crippen LogP contribution in [0, 0.1) is 0 Å². The summed E-state index contributed by atoms with van der Waals surface area (Å²) in [5.74, 6) is -0.644. The Bertz CT molecular complexity index is 1570. The minimum absolute atomic E-state index is 0.0872. The molecule has 0 aliphatic carbocycles. The molecular formula is C33H43O20+. The maximum Gasteiger partial charge on any atom is 0.270 e. The molecule has 3 saturated heterocycles. The van der Waals surface area contributed by atoms with Gasteiger partial charge in [-0.05, 0) is 24.3 Å². The average Bonchev–Trinajstić information content (AvgIpc) is 3.14. The summed E-state index contributed by atoms with van der Waals surface area (Å²) < 4.78 is 39.3. The van der Waals surface area contributed by atoms with Crippen LogP contribution in [-0.4, -0.2) is 183 Å². The van der Waals surface area contributed by atoms with E-state index < -0.39 is 118 Å². The molecule has 20 heteroatoms. The highest BCUT2D eigenvalue weighted by Crippen LogP contribution is 2.47. The molecular weight excluding hydrogens is 716 g/mol. The molecule has 16 atom stereocenters. The van der Waals surface area contributed by atoms with Crippen molar-refractivity contribution >= 4 is 6.08 Å². The van der Waals surface area contributed by atoms with Gasteiger partial charge in [-0.3, -0.25) is 0 Å². The monoisotopic (exact) mass is 759 g/mol. The topological polar surface area (TPSA) is 331 Å². The molecule has 14 N–H and O–H groups in total. The summed E-state index contributed by atoms with van der Waals surface area (Å²) in [6, 6.07) is 8.10. The third-order valence-electron chi connectivity index (χ3n) is 9.45. The van der Waals surface area contributed by atoms with Gasteiger partial charge >= 0.3 is 0 Å². The van der Waals surface area contributed by atoms with Crippen LogP contribution >= 0.6 is 0 Å². The Kier molecular flexibility index (Phi) is 12.0. The third-order valence-corrected chi connectivity index (χ3v) is 9.45. The van der Waals surface area contributed by atoms with E-state index in [1.165, 1.54) is 36.4 Å². The van der Waals surface area contributed by atoms with Gasteiger partial charge in [-0.2, -0.15) is 0 Å². The highest BCUT2D eigenvalue weighted by molar-refractivity contribution is 5.69. The first kappa shape index (κ1) is 39.3. The van der Waals surface area contributed by atoms with E-state index in [1.54, 1.807) is 0 Å². The van der Waals surface area contributed by atoms with Gasteiger partial charge in [-0.15, -0.1) is 0 Å². The molecule has 2 aromatic carbocycles. The normalized spacial score (nSPS) is 40.1. The fourth-order valence-corrected chi connectivity index (χ4v) is 6.42. The third kappa shape index (κ3) is 7.76.